The van der Waals surface area contributed by atoms with Crippen LogP contribution in [-0.4, -0.2) is 11.5 Å². The fourth-order valence-corrected chi connectivity index (χ4v) is 2.37. The maximum Gasteiger partial charge on any atom is 0.141 e. The number of nitrogens with zero attached hydrogens (tertiary/aromatic N) is 1. The molecular weight excluding hydrogens is 287 g/mol. The summed E-state index contributed by atoms with van der Waals surface area (Å²) in [6.07, 6.45) is 3.65. The minimum absolute atomic E-state index is 0.0817. The molecule has 1 atom stereocenters. The van der Waals surface area contributed by atoms with Gasteiger partial charge in [0.2, 0.25) is 0 Å². The van der Waals surface area contributed by atoms with E-state index in [1.54, 1.807) is 12.1 Å². The van der Waals surface area contributed by atoms with E-state index < -0.39 is 0 Å². The maximum absolute atomic E-state index is 13.3. The van der Waals surface area contributed by atoms with Gasteiger partial charge in [-0.25, -0.2) is 4.39 Å². The molecule has 0 saturated heterocycles. The first-order valence-electron chi connectivity index (χ1n) is 7.20. The maximum atomic E-state index is 13.3. The van der Waals surface area contributed by atoms with Gasteiger partial charge >= 0.3 is 0 Å². The van der Waals surface area contributed by atoms with Crippen LogP contribution in [0, 0.1) is 12.7 Å². The molecule has 0 aliphatic heterocycles. The zero-order chi connectivity index (χ0) is 15.2. The topological polar surface area (TPSA) is 24.9 Å². The number of benzene rings is 1. The van der Waals surface area contributed by atoms with Gasteiger partial charge in [-0.15, -0.1) is 0 Å². The normalized spacial score (nSPS) is 12.4. The highest BCUT2D eigenvalue weighted by Gasteiger charge is 2.14. The summed E-state index contributed by atoms with van der Waals surface area (Å²) in [7, 11) is 0. The van der Waals surface area contributed by atoms with Crippen LogP contribution in [0.5, 0.6) is 0 Å². The van der Waals surface area contributed by atoms with E-state index >= 15 is 0 Å². The summed E-state index contributed by atoms with van der Waals surface area (Å²) < 4.78 is 13.3. The number of aromatic nitrogens is 1. The minimum Gasteiger partial charge on any atom is -0.310 e. The molecule has 1 heterocycles. The molecule has 1 N–H and O–H groups in total. The molecule has 0 bridgehead atoms. The summed E-state index contributed by atoms with van der Waals surface area (Å²) in [4.78, 5) is 4.44. The van der Waals surface area contributed by atoms with Crippen LogP contribution in [0.15, 0.2) is 36.5 Å². The van der Waals surface area contributed by atoms with Crippen molar-refractivity contribution in [3.63, 3.8) is 0 Å². The van der Waals surface area contributed by atoms with Gasteiger partial charge in [0.05, 0.1) is 5.02 Å². The van der Waals surface area contributed by atoms with Crippen molar-refractivity contribution in [3.8, 4) is 0 Å². The lowest BCUT2D eigenvalue weighted by atomic mass is 10.0. The Kier molecular flexibility index (Phi) is 5.71. The molecule has 0 aliphatic carbocycles. The monoisotopic (exact) mass is 306 g/mol. The van der Waals surface area contributed by atoms with E-state index in [9.17, 15) is 4.39 Å². The van der Waals surface area contributed by atoms with Gasteiger partial charge in [-0.1, -0.05) is 30.7 Å². The predicted octanol–water partition coefficient (Wildman–Crippen LogP) is 4.47. The average Bonchev–Trinajstić information content (AvgIpc) is 2.48. The average molecular weight is 307 g/mol. The van der Waals surface area contributed by atoms with Crippen LogP contribution in [0.1, 0.15) is 36.2 Å². The molecule has 1 aromatic carbocycles. The Labute approximate surface area is 130 Å². The minimum atomic E-state index is -0.386. The third-order valence-electron chi connectivity index (χ3n) is 3.37. The molecule has 0 amide bonds. The van der Waals surface area contributed by atoms with Crippen LogP contribution in [0.25, 0.3) is 0 Å². The van der Waals surface area contributed by atoms with Crippen LogP contribution >= 0.6 is 11.6 Å². The Morgan fingerprint density at radius 1 is 1.29 bits per heavy atom. The molecule has 2 rings (SSSR count). The second kappa shape index (κ2) is 7.53. The second-order valence-electron chi connectivity index (χ2n) is 5.21. The van der Waals surface area contributed by atoms with Gasteiger partial charge < -0.3 is 5.32 Å². The predicted molar refractivity (Wildman–Crippen MR) is 85.1 cm³/mol. The molecule has 0 fully saturated rings. The number of pyridine rings is 1. The van der Waals surface area contributed by atoms with Crippen molar-refractivity contribution in [2.24, 2.45) is 0 Å². The second-order valence-corrected chi connectivity index (χ2v) is 5.62. The van der Waals surface area contributed by atoms with Crippen molar-refractivity contribution in [2.45, 2.75) is 32.7 Å². The number of hydrogen-bond acceptors (Lipinski definition) is 2. The fraction of sp³-hybridized carbons (Fsp3) is 0.353. The molecule has 0 aliphatic rings. The standard InChI is InChI=1S/C17H20ClFN2/c1-3-8-20-17(10-14-6-4-12(2)11-21-14)13-5-7-16(19)15(18)9-13/h4-7,9,11,17,20H,3,8,10H2,1-2H3. The van der Waals surface area contributed by atoms with Gasteiger partial charge in [-0.2, -0.15) is 0 Å². The molecule has 0 spiro atoms. The lowest BCUT2D eigenvalue weighted by Crippen LogP contribution is -2.24. The number of halogens is 2. The highest BCUT2D eigenvalue weighted by molar-refractivity contribution is 6.30. The third-order valence-corrected chi connectivity index (χ3v) is 3.66. The first kappa shape index (κ1) is 15.9. The Morgan fingerprint density at radius 2 is 2.10 bits per heavy atom. The molecule has 0 radical (unpaired) electrons. The third kappa shape index (κ3) is 4.51. The van der Waals surface area contributed by atoms with E-state index in [4.69, 9.17) is 11.6 Å². The van der Waals surface area contributed by atoms with Crippen molar-refractivity contribution < 1.29 is 4.39 Å². The van der Waals surface area contributed by atoms with E-state index in [0.29, 0.717) is 0 Å². The highest BCUT2D eigenvalue weighted by atomic mass is 35.5. The first-order chi connectivity index (χ1) is 10.1. The van der Waals surface area contributed by atoms with Gasteiger partial charge in [0.15, 0.2) is 0 Å². The van der Waals surface area contributed by atoms with Crippen LogP contribution in [0.4, 0.5) is 4.39 Å². The van der Waals surface area contributed by atoms with E-state index in [1.807, 2.05) is 19.2 Å². The van der Waals surface area contributed by atoms with Crippen molar-refractivity contribution in [1.29, 1.82) is 0 Å². The van der Waals surface area contributed by atoms with Crippen molar-refractivity contribution in [2.75, 3.05) is 6.54 Å². The van der Waals surface area contributed by atoms with Gasteiger partial charge in [0, 0.05) is 24.4 Å². The quantitative estimate of drug-likeness (QED) is 0.852. The van der Waals surface area contributed by atoms with Crippen molar-refractivity contribution in [1.82, 2.24) is 10.3 Å². The van der Waals surface area contributed by atoms with Gasteiger partial charge in [-0.3, -0.25) is 4.98 Å². The van der Waals surface area contributed by atoms with Crippen LogP contribution in [0.2, 0.25) is 5.02 Å². The molecule has 4 heteroatoms. The highest BCUT2D eigenvalue weighted by Crippen LogP contribution is 2.23. The lowest BCUT2D eigenvalue weighted by Gasteiger charge is -2.19. The molecule has 0 saturated carbocycles. The summed E-state index contributed by atoms with van der Waals surface area (Å²) in [6, 6.07) is 9.05. The van der Waals surface area contributed by atoms with Crippen molar-refractivity contribution >= 4 is 11.6 Å². The zero-order valence-electron chi connectivity index (χ0n) is 12.4. The van der Waals surface area contributed by atoms with Gasteiger partial charge in [-0.05, 0) is 49.2 Å². The zero-order valence-corrected chi connectivity index (χ0v) is 13.1. The molecule has 112 valence electrons. The Hall–Kier alpha value is -1.45. The Bertz CT molecular complexity index is 584. The summed E-state index contributed by atoms with van der Waals surface area (Å²) in [6.45, 7) is 5.03. The van der Waals surface area contributed by atoms with E-state index in [-0.39, 0.29) is 16.9 Å². The first-order valence-corrected chi connectivity index (χ1v) is 7.57. The molecule has 2 nitrogen and oxygen atoms in total. The summed E-state index contributed by atoms with van der Waals surface area (Å²) in [5, 5.41) is 3.63. The fourth-order valence-electron chi connectivity index (χ4n) is 2.18. The number of hydrogen-bond donors (Lipinski definition) is 1. The van der Waals surface area contributed by atoms with Gasteiger partial charge in [0.1, 0.15) is 5.82 Å². The van der Waals surface area contributed by atoms with Crippen LogP contribution in [0.3, 0.4) is 0 Å². The molecule has 1 unspecified atom stereocenters. The summed E-state index contributed by atoms with van der Waals surface area (Å²) in [5.41, 5.74) is 3.13. The summed E-state index contributed by atoms with van der Waals surface area (Å²) >= 11 is 5.90. The van der Waals surface area contributed by atoms with Gasteiger partial charge in [0.25, 0.3) is 0 Å². The van der Waals surface area contributed by atoms with Crippen molar-refractivity contribution in [3.05, 3.63) is 64.2 Å². The number of nitrogens with one attached hydrogen (secondary N) is 1. The largest absolute Gasteiger partial charge is 0.310 e. The number of rotatable bonds is 6. The van der Waals surface area contributed by atoms with Crippen LogP contribution < -0.4 is 5.32 Å². The van der Waals surface area contributed by atoms with E-state index in [2.05, 4.69) is 23.3 Å². The van der Waals surface area contributed by atoms with E-state index in [1.165, 1.54) is 6.07 Å². The SMILES string of the molecule is CCCNC(Cc1ccc(C)cn1)c1ccc(F)c(Cl)c1. The lowest BCUT2D eigenvalue weighted by molar-refractivity contribution is 0.523. The number of aryl methyl sites for hydroxylation is 1. The smallest absolute Gasteiger partial charge is 0.141 e. The Morgan fingerprint density at radius 3 is 2.71 bits per heavy atom. The molecular formula is C17H20ClFN2. The molecule has 1 aromatic heterocycles. The molecule has 2 aromatic rings. The molecule has 21 heavy (non-hydrogen) atoms. The van der Waals surface area contributed by atoms with E-state index in [0.717, 1.165) is 36.2 Å². The van der Waals surface area contributed by atoms with Crippen LogP contribution in [-0.2, 0) is 6.42 Å². The summed E-state index contributed by atoms with van der Waals surface area (Å²) in [5.74, 6) is -0.386. The Balaban J connectivity index is 2.20.